The van der Waals surface area contributed by atoms with Crippen LogP contribution in [0.25, 0.3) is 0 Å². The Morgan fingerprint density at radius 1 is 0.650 bits per heavy atom. The number of hydrogen-bond acceptors (Lipinski definition) is 6. The maximum absolute atomic E-state index is 11.9. The van der Waals surface area contributed by atoms with Crippen LogP contribution in [0.5, 0.6) is 0 Å². The van der Waals surface area contributed by atoms with Crippen LogP contribution in [0.2, 0.25) is 0 Å². The lowest BCUT2D eigenvalue weighted by Gasteiger charge is -2.22. The Labute approximate surface area is 119 Å². The molecule has 0 atom stereocenters. The van der Waals surface area contributed by atoms with Gasteiger partial charge < -0.3 is 18.9 Å². The number of amides is 2. The van der Waals surface area contributed by atoms with Crippen molar-refractivity contribution in [2.24, 2.45) is 0 Å². The summed E-state index contributed by atoms with van der Waals surface area (Å²) in [6.45, 7) is 0.503. The van der Waals surface area contributed by atoms with Crippen LogP contribution in [0.4, 0.5) is 0 Å². The van der Waals surface area contributed by atoms with Crippen molar-refractivity contribution in [3.63, 3.8) is 0 Å². The van der Waals surface area contributed by atoms with Crippen molar-refractivity contribution < 1.29 is 28.5 Å². The van der Waals surface area contributed by atoms with E-state index in [4.69, 9.17) is 18.9 Å². The molecule has 0 saturated carbocycles. The summed E-state index contributed by atoms with van der Waals surface area (Å²) in [6.07, 6.45) is 0.158. The van der Waals surface area contributed by atoms with Crippen molar-refractivity contribution in [1.29, 1.82) is 0 Å². The number of ether oxygens (including phenoxy) is 4. The Bertz CT molecular complexity index is 247. The van der Waals surface area contributed by atoms with E-state index < -0.39 is 0 Å². The van der Waals surface area contributed by atoms with Crippen molar-refractivity contribution in [2.75, 3.05) is 55.4 Å². The van der Waals surface area contributed by atoms with Gasteiger partial charge >= 0.3 is 0 Å². The van der Waals surface area contributed by atoms with Crippen molar-refractivity contribution >= 4 is 11.8 Å². The second-order valence-electron chi connectivity index (χ2n) is 4.04. The molecule has 118 valence electrons. The van der Waals surface area contributed by atoms with Gasteiger partial charge in [0.05, 0.1) is 0 Å². The van der Waals surface area contributed by atoms with Crippen LogP contribution < -0.4 is 0 Å². The van der Waals surface area contributed by atoms with Gasteiger partial charge in [0.25, 0.3) is 0 Å². The van der Waals surface area contributed by atoms with Crippen LogP contribution in [0.15, 0.2) is 0 Å². The number of rotatable bonds is 11. The molecule has 0 bridgehead atoms. The maximum Gasteiger partial charge on any atom is 0.226 e. The van der Waals surface area contributed by atoms with Gasteiger partial charge in [0.1, 0.15) is 26.9 Å². The van der Waals surface area contributed by atoms with Gasteiger partial charge in [-0.3, -0.25) is 19.4 Å². The molecule has 0 aromatic carbocycles. The van der Waals surface area contributed by atoms with E-state index in [1.807, 2.05) is 0 Å². The second kappa shape index (κ2) is 11.6. The zero-order valence-electron chi connectivity index (χ0n) is 12.6. The first-order valence-corrected chi connectivity index (χ1v) is 6.12. The minimum atomic E-state index is -0.211. The van der Waals surface area contributed by atoms with E-state index in [-0.39, 0.29) is 51.6 Å². The third-order valence-corrected chi connectivity index (χ3v) is 2.40. The summed E-state index contributed by atoms with van der Waals surface area (Å²) in [5, 5.41) is 0. The van der Waals surface area contributed by atoms with Crippen molar-refractivity contribution in [2.45, 2.75) is 12.8 Å². The predicted molar refractivity (Wildman–Crippen MR) is 70.4 cm³/mol. The Morgan fingerprint density at radius 3 is 1.10 bits per heavy atom. The molecule has 0 saturated heterocycles. The molecule has 0 fully saturated rings. The summed E-state index contributed by atoms with van der Waals surface area (Å²) in [7, 11) is 5.94. The molecule has 0 radical (unpaired) electrons. The maximum atomic E-state index is 11.9. The van der Waals surface area contributed by atoms with Gasteiger partial charge in [0.15, 0.2) is 0 Å². The summed E-state index contributed by atoms with van der Waals surface area (Å²) in [5.41, 5.74) is 0. The molecule has 8 heteroatoms. The molecule has 0 aliphatic carbocycles. The molecule has 0 unspecified atom stereocenters. The highest BCUT2D eigenvalue weighted by molar-refractivity contribution is 5.83. The average Bonchev–Trinajstić information content (AvgIpc) is 2.44. The monoisotopic (exact) mass is 292 g/mol. The van der Waals surface area contributed by atoms with Gasteiger partial charge in [-0.2, -0.15) is 0 Å². The third kappa shape index (κ3) is 7.39. The second-order valence-corrected chi connectivity index (χ2v) is 4.04. The van der Waals surface area contributed by atoms with Gasteiger partial charge in [0.2, 0.25) is 11.8 Å². The first-order valence-electron chi connectivity index (χ1n) is 6.12. The minimum Gasteiger partial charge on any atom is -0.364 e. The van der Waals surface area contributed by atoms with Crippen molar-refractivity contribution in [3.05, 3.63) is 0 Å². The van der Waals surface area contributed by atoms with E-state index >= 15 is 0 Å². The summed E-state index contributed by atoms with van der Waals surface area (Å²) in [6, 6.07) is 0. The van der Waals surface area contributed by atoms with Crippen LogP contribution in [0, 0.1) is 0 Å². The molecular formula is C12H24N2O6. The number of carbonyl (C=O) groups is 2. The van der Waals surface area contributed by atoms with Gasteiger partial charge in [-0.25, -0.2) is 0 Å². The van der Waals surface area contributed by atoms with Crippen LogP contribution in [-0.4, -0.2) is 77.0 Å². The van der Waals surface area contributed by atoms with E-state index in [2.05, 4.69) is 0 Å². The molecule has 0 aliphatic rings. The van der Waals surface area contributed by atoms with E-state index in [1.54, 1.807) is 0 Å². The molecule has 0 heterocycles. The van der Waals surface area contributed by atoms with Gasteiger partial charge in [0, 0.05) is 41.3 Å². The highest BCUT2D eigenvalue weighted by atomic mass is 16.5. The van der Waals surface area contributed by atoms with Gasteiger partial charge in [-0.15, -0.1) is 0 Å². The fraction of sp³-hybridized carbons (Fsp3) is 0.833. The van der Waals surface area contributed by atoms with Crippen LogP contribution in [0.1, 0.15) is 12.8 Å². The topological polar surface area (TPSA) is 77.5 Å². The highest BCUT2D eigenvalue weighted by Crippen LogP contribution is 2.03. The molecule has 20 heavy (non-hydrogen) atoms. The Kier molecular flexibility index (Phi) is 10.9. The average molecular weight is 292 g/mol. The lowest BCUT2D eigenvalue weighted by atomic mass is 10.2. The molecule has 0 aliphatic heterocycles. The minimum absolute atomic E-state index is 0.0789. The fourth-order valence-corrected chi connectivity index (χ4v) is 1.52. The van der Waals surface area contributed by atoms with Crippen molar-refractivity contribution in [3.8, 4) is 0 Å². The normalized spacial score (nSPS) is 10.4. The van der Waals surface area contributed by atoms with Gasteiger partial charge in [-0.05, 0) is 0 Å². The predicted octanol–water partition coefficient (Wildman–Crippen LogP) is -0.161. The van der Waals surface area contributed by atoms with Crippen LogP contribution in [-0.2, 0) is 28.5 Å². The molecule has 8 nitrogen and oxygen atoms in total. The summed E-state index contributed by atoms with van der Waals surface area (Å²) >= 11 is 0. The van der Waals surface area contributed by atoms with Crippen LogP contribution >= 0.6 is 0 Å². The number of hydrogen-bond donors (Lipinski definition) is 0. The number of carbonyl (C=O) groups excluding carboxylic acids is 2. The van der Waals surface area contributed by atoms with Gasteiger partial charge in [-0.1, -0.05) is 0 Å². The molecule has 0 rings (SSSR count). The fourth-order valence-electron chi connectivity index (χ4n) is 1.52. The van der Waals surface area contributed by atoms with Crippen LogP contribution in [0.3, 0.4) is 0 Å². The summed E-state index contributed by atoms with van der Waals surface area (Å²) in [5.74, 6) is -0.423. The summed E-state index contributed by atoms with van der Waals surface area (Å²) in [4.78, 5) is 26.6. The molecular weight excluding hydrogens is 268 g/mol. The van der Waals surface area contributed by atoms with E-state index in [0.29, 0.717) is 0 Å². The summed E-state index contributed by atoms with van der Waals surface area (Å²) < 4.78 is 19.6. The SMILES string of the molecule is COCN(COC)C(=O)CCC(=O)N(COC)COC. The molecule has 0 aromatic heterocycles. The zero-order valence-corrected chi connectivity index (χ0v) is 12.6. The van der Waals surface area contributed by atoms with Crippen molar-refractivity contribution in [1.82, 2.24) is 9.80 Å². The first kappa shape index (κ1) is 18.8. The Morgan fingerprint density at radius 2 is 0.900 bits per heavy atom. The number of nitrogens with zero attached hydrogens (tertiary/aromatic N) is 2. The standard InChI is InChI=1S/C12H24N2O6/c1-17-7-13(8-18-2)11(15)5-6-12(16)14(9-19-3)10-20-4/h5-10H2,1-4H3. The smallest absolute Gasteiger partial charge is 0.226 e. The quantitative estimate of drug-likeness (QED) is 0.492. The van der Waals surface area contributed by atoms with E-state index in [0.717, 1.165) is 0 Å². The lowest BCUT2D eigenvalue weighted by Crippen LogP contribution is -2.37. The highest BCUT2D eigenvalue weighted by Gasteiger charge is 2.18. The Hall–Kier alpha value is -1.22. The zero-order chi connectivity index (χ0) is 15.4. The molecule has 0 aromatic rings. The van der Waals surface area contributed by atoms with E-state index in [9.17, 15) is 9.59 Å². The molecule has 0 spiro atoms. The molecule has 0 N–H and O–H groups in total. The first-order chi connectivity index (χ1) is 9.60. The molecule has 2 amide bonds. The number of methoxy groups -OCH3 is 4. The van der Waals surface area contributed by atoms with E-state index in [1.165, 1.54) is 38.2 Å². The Balaban J connectivity index is 4.27. The lowest BCUT2D eigenvalue weighted by molar-refractivity contribution is -0.148. The third-order valence-electron chi connectivity index (χ3n) is 2.40. The largest absolute Gasteiger partial charge is 0.364 e.